The maximum absolute atomic E-state index is 14.8. The minimum absolute atomic E-state index is 0.00991. The van der Waals surface area contributed by atoms with E-state index in [4.69, 9.17) is 0 Å². The highest BCUT2D eigenvalue weighted by Crippen LogP contribution is 2.34. The standard InChI is InChI=1S/C19H30FNO/c1-13(2)6-5-9-21-10-7-15-12-17(22)18(14(3)4)19(20)16(15)8-11-21/h12-14,22H,5-11H2,1-4H3. The summed E-state index contributed by atoms with van der Waals surface area (Å²) in [6, 6.07) is 1.80. The summed E-state index contributed by atoms with van der Waals surface area (Å²) in [5.74, 6) is 0.705. The van der Waals surface area contributed by atoms with Crippen LogP contribution in [0.4, 0.5) is 4.39 Å². The topological polar surface area (TPSA) is 23.5 Å². The van der Waals surface area contributed by atoms with Gasteiger partial charge in [0.25, 0.3) is 0 Å². The van der Waals surface area contributed by atoms with Gasteiger partial charge in [0.05, 0.1) is 0 Å². The molecule has 1 heterocycles. The Morgan fingerprint density at radius 1 is 1.18 bits per heavy atom. The van der Waals surface area contributed by atoms with Crippen LogP contribution in [0.3, 0.4) is 0 Å². The molecule has 2 nitrogen and oxygen atoms in total. The van der Waals surface area contributed by atoms with E-state index in [1.54, 1.807) is 6.07 Å². The Bertz CT molecular complexity index is 511. The van der Waals surface area contributed by atoms with Gasteiger partial charge in [-0.25, -0.2) is 4.39 Å². The lowest BCUT2D eigenvalue weighted by atomic mass is 9.93. The van der Waals surface area contributed by atoms with Crippen molar-refractivity contribution in [3.63, 3.8) is 0 Å². The average molecular weight is 307 g/mol. The first kappa shape index (κ1) is 17.3. The summed E-state index contributed by atoms with van der Waals surface area (Å²) in [6.07, 6.45) is 4.04. The van der Waals surface area contributed by atoms with Crippen LogP contribution < -0.4 is 0 Å². The van der Waals surface area contributed by atoms with Crippen LogP contribution >= 0.6 is 0 Å². The summed E-state index contributed by atoms with van der Waals surface area (Å²) in [4.78, 5) is 2.44. The number of halogens is 1. The SMILES string of the molecule is CC(C)CCCN1CCc2cc(O)c(C(C)C)c(F)c2CC1. The van der Waals surface area contributed by atoms with Gasteiger partial charge in [0, 0.05) is 18.7 Å². The smallest absolute Gasteiger partial charge is 0.133 e. The molecule has 0 amide bonds. The summed E-state index contributed by atoms with van der Waals surface area (Å²) >= 11 is 0. The number of rotatable bonds is 5. The van der Waals surface area contributed by atoms with E-state index in [1.165, 1.54) is 12.8 Å². The van der Waals surface area contributed by atoms with Crippen LogP contribution in [0, 0.1) is 11.7 Å². The van der Waals surface area contributed by atoms with Gasteiger partial charge in [-0.1, -0.05) is 27.7 Å². The molecule has 0 atom stereocenters. The number of hydrogen-bond acceptors (Lipinski definition) is 2. The van der Waals surface area contributed by atoms with Crippen molar-refractivity contribution in [3.05, 3.63) is 28.6 Å². The molecule has 124 valence electrons. The Labute approximate surface area is 134 Å². The molecule has 0 radical (unpaired) electrons. The van der Waals surface area contributed by atoms with E-state index in [1.807, 2.05) is 13.8 Å². The molecule has 1 aliphatic heterocycles. The predicted molar refractivity (Wildman–Crippen MR) is 90.1 cm³/mol. The van der Waals surface area contributed by atoms with Crippen molar-refractivity contribution < 1.29 is 9.50 Å². The molecule has 0 spiro atoms. The number of phenols is 1. The number of hydrogen-bond donors (Lipinski definition) is 1. The quantitative estimate of drug-likeness (QED) is 0.866. The Hall–Kier alpha value is -1.09. The van der Waals surface area contributed by atoms with Crippen molar-refractivity contribution in [2.45, 2.75) is 59.3 Å². The van der Waals surface area contributed by atoms with E-state index >= 15 is 0 Å². The first-order valence-corrected chi connectivity index (χ1v) is 8.65. The minimum Gasteiger partial charge on any atom is -0.508 e. The second-order valence-corrected chi connectivity index (χ2v) is 7.29. The van der Waals surface area contributed by atoms with Gasteiger partial charge in [-0.05, 0) is 61.3 Å². The number of phenolic OH excluding ortho intramolecular Hbond substituents is 1. The Morgan fingerprint density at radius 3 is 2.50 bits per heavy atom. The molecule has 1 N–H and O–H groups in total. The number of benzene rings is 1. The fourth-order valence-electron chi connectivity index (χ4n) is 3.40. The highest BCUT2D eigenvalue weighted by Gasteiger charge is 2.23. The van der Waals surface area contributed by atoms with Crippen LogP contribution in [0.5, 0.6) is 5.75 Å². The molecule has 0 saturated carbocycles. The Balaban J connectivity index is 2.10. The fraction of sp³-hybridized carbons (Fsp3) is 0.684. The van der Waals surface area contributed by atoms with Gasteiger partial charge in [-0.15, -0.1) is 0 Å². The van der Waals surface area contributed by atoms with Crippen molar-refractivity contribution in [1.82, 2.24) is 4.90 Å². The monoisotopic (exact) mass is 307 g/mol. The summed E-state index contributed by atoms with van der Waals surface area (Å²) in [6.45, 7) is 11.3. The first-order valence-electron chi connectivity index (χ1n) is 8.65. The largest absolute Gasteiger partial charge is 0.508 e. The van der Waals surface area contributed by atoms with E-state index < -0.39 is 0 Å². The molecule has 0 aliphatic carbocycles. The number of nitrogens with zero attached hydrogens (tertiary/aromatic N) is 1. The molecular weight excluding hydrogens is 277 g/mol. The van der Waals surface area contributed by atoms with Crippen molar-refractivity contribution >= 4 is 0 Å². The van der Waals surface area contributed by atoms with Gasteiger partial charge in [0.15, 0.2) is 0 Å². The van der Waals surface area contributed by atoms with Gasteiger partial charge in [0.2, 0.25) is 0 Å². The fourth-order valence-corrected chi connectivity index (χ4v) is 3.40. The molecule has 1 aromatic rings. The summed E-state index contributed by atoms with van der Waals surface area (Å²) < 4.78 is 14.8. The average Bonchev–Trinajstić information content (AvgIpc) is 2.61. The number of fused-ring (bicyclic) bond motifs is 1. The molecule has 1 aromatic carbocycles. The van der Waals surface area contributed by atoms with E-state index in [9.17, 15) is 9.50 Å². The number of aromatic hydroxyl groups is 1. The molecular formula is C19H30FNO. The Morgan fingerprint density at radius 2 is 1.86 bits per heavy atom. The van der Waals surface area contributed by atoms with Crippen molar-refractivity contribution in [2.75, 3.05) is 19.6 Å². The third-order valence-electron chi connectivity index (χ3n) is 4.68. The third kappa shape index (κ3) is 4.01. The van der Waals surface area contributed by atoms with Crippen LogP contribution in [0.2, 0.25) is 0 Å². The highest BCUT2D eigenvalue weighted by atomic mass is 19.1. The maximum Gasteiger partial charge on any atom is 0.133 e. The Kier molecular flexibility index (Phi) is 5.85. The zero-order valence-electron chi connectivity index (χ0n) is 14.5. The predicted octanol–water partition coefficient (Wildman–Crippen LogP) is 4.49. The third-order valence-corrected chi connectivity index (χ3v) is 4.68. The second kappa shape index (κ2) is 7.45. The molecule has 0 saturated heterocycles. The van der Waals surface area contributed by atoms with Crippen LogP contribution in [0.15, 0.2) is 6.07 Å². The van der Waals surface area contributed by atoms with Crippen LogP contribution in [0.25, 0.3) is 0 Å². The minimum atomic E-state index is -0.172. The molecule has 2 rings (SSSR count). The molecule has 0 aromatic heterocycles. The van der Waals surface area contributed by atoms with Gasteiger partial charge in [0.1, 0.15) is 11.6 Å². The summed E-state index contributed by atoms with van der Waals surface area (Å²) in [5.41, 5.74) is 2.30. The zero-order chi connectivity index (χ0) is 16.3. The maximum atomic E-state index is 14.8. The lowest BCUT2D eigenvalue weighted by molar-refractivity contribution is 0.275. The van der Waals surface area contributed by atoms with Crippen molar-refractivity contribution in [2.24, 2.45) is 5.92 Å². The van der Waals surface area contributed by atoms with Gasteiger partial charge in [-0.2, -0.15) is 0 Å². The molecule has 22 heavy (non-hydrogen) atoms. The van der Waals surface area contributed by atoms with Gasteiger partial charge in [-0.3, -0.25) is 0 Å². The summed E-state index contributed by atoms with van der Waals surface area (Å²) in [5, 5.41) is 10.1. The highest BCUT2D eigenvalue weighted by molar-refractivity contribution is 5.45. The van der Waals surface area contributed by atoms with Crippen molar-refractivity contribution in [3.8, 4) is 5.75 Å². The first-order chi connectivity index (χ1) is 10.4. The van der Waals surface area contributed by atoms with E-state index in [2.05, 4.69) is 18.7 Å². The van der Waals surface area contributed by atoms with Gasteiger partial charge < -0.3 is 10.0 Å². The lowest BCUT2D eigenvalue weighted by Gasteiger charge is -2.20. The molecule has 3 heteroatoms. The van der Waals surface area contributed by atoms with Gasteiger partial charge >= 0.3 is 0 Å². The van der Waals surface area contributed by atoms with Crippen LogP contribution in [-0.2, 0) is 12.8 Å². The molecule has 0 fully saturated rings. The normalized spacial score (nSPS) is 16.1. The van der Waals surface area contributed by atoms with Crippen LogP contribution in [-0.4, -0.2) is 29.6 Å². The lowest BCUT2D eigenvalue weighted by Crippen LogP contribution is -2.27. The van der Waals surface area contributed by atoms with E-state index in [-0.39, 0.29) is 17.5 Å². The molecule has 0 unspecified atom stereocenters. The molecule has 1 aliphatic rings. The summed E-state index contributed by atoms with van der Waals surface area (Å²) in [7, 11) is 0. The van der Waals surface area contributed by atoms with Crippen LogP contribution in [0.1, 0.15) is 63.1 Å². The van der Waals surface area contributed by atoms with Crippen molar-refractivity contribution in [1.29, 1.82) is 0 Å². The second-order valence-electron chi connectivity index (χ2n) is 7.29. The molecule has 0 bridgehead atoms. The van der Waals surface area contributed by atoms with E-state index in [0.717, 1.165) is 49.5 Å². The van der Waals surface area contributed by atoms with E-state index in [0.29, 0.717) is 5.56 Å². The zero-order valence-corrected chi connectivity index (χ0v) is 14.5.